The Morgan fingerprint density at radius 2 is 2.05 bits per heavy atom. The van der Waals surface area contributed by atoms with E-state index in [1.165, 1.54) is 17.3 Å². The van der Waals surface area contributed by atoms with E-state index in [9.17, 15) is 9.59 Å². The molecule has 1 aromatic rings. The Hall–Kier alpha value is -1.49. The number of nitrogens with one attached hydrogen (secondary N) is 1. The van der Waals surface area contributed by atoms with E-state index in [0.29, 0.717) is 13.1 Å². The Morgan fingerprint density at radius 1 is 1.35 bits per heavy atom. The number of rotatable bonds is 3. The Morgan fingerprint density at radius 3 is 2.75 bits per heavy atom. The summed E-state index contributed by atoms with van der Waals surface area (Å²) in [4.78, 5) is 26.6. The topological polar surface area (TPSA) is 49.4 Å². The van der Waals surface area contributed by atoms with E-state index >= 15 is 0 Å². The molecule has 0 aliphatic carbocycles. The third-order valence-corrected chi connectivity index (χ3v) is 4.35. The van der Waals surface area contributed by atoms with Gasteiger partial charge in [0.25, 0.3) is 0 Å². The second-order valence-corrected chi connectivity index (χ2v) is 6.45. The molecule has 0 bridgehead atoms. The molecule has 108 valence electrons. The number of carbonyl (C=O) groups excluding carboxylic acids is 2. The van der Waals surface area contributed by atoms with Crippen LogP contribution in [0, 0.1) is 6.92 Å². The zero-order chi connectivity index (χ0) is 14.5. The third kappa shape index (κ3) is 4.00. The van der Waals surface area contributed by atoms with Gasteiger partial charge in [-0.05, 0) is 32.4 Å². The molecule has 1 aliphatic rings. The van der Waals surface area contributed by atoms with Crippen molar-refractivity contribution in [2.24, 2.45) is 0 Å². The first-order chi connectivity index (χ1) is 9.56. The number of hydrogen-bond donors (Lipinski definition) is 1. The van der Waals surface area contributed by atoms with Crippen LogP contribution in [0.4, 0.5) is 0 Å². The average molecular weight is 292 g/mol. The van der Waals surface area contributed by atoms with E-state index in [0.717, 1.165) is 11.3 Å². The van der Waals surface area contributed by atoms with E-state index in [4.69, 9.17) is 0 Å². The van der Waals surface area contributed by atoms with Crippen LogP contribution in [0.25, 0.3) is 0 Å². The zero-order valence-electron chi connectivity index (χ0n) is 11.9. The van der Waals surface area contributed by atoms with Crippen molar-refractivity contribution < 1.29 is 9.59 Å². The molecule has 1 aliphatic heterocycles. The number of hydrogen-bond acceptors (Lipinski definition) is 3. The van der Waals surface area contributed by atoms with Crippen molar-refractivity contribution in [2.45, 2.75) is 30.4 Å². The number of carbonyl (C=O) groups is 2. The molecule has 1 heterocycles. The summed E-state index contributed by atoms with van der Waals surface area (Å²) in [5.41, 5.74) is 1.21. The molecule has 2 rings (SSSR count). The Balaban J connectivity index is 1.97. The fraction of sp³-hybridized carbons (Fsp3) is 0.467. The number of aryl methyl sites for hydroxylation is 1. The van der Waals surface area contributed by atoms with Crippen molar-refractivity contribution in [3.8, 4) is 0 Å². The monoisotopic (exact) mass is 292 g/mol. The normalized spacial score (nSPS) is 17.3. The van der Waals surface area contributed by atoms with E-state index in [2.05, 4.69) is 5.32 Å². The zero-order valence-corrected chi connectivity index (χ0v) is 12.7. The van der Waals surface area contributed by atoms with Gasteiger partial charge in [-0.25, -0.2) is 0 Å². The van der Waals surface area contributed by atoms with Crippen LogP contribution in [-0.4, -0.2) is 41.6 Å². The Kier molecular flexibility index (Phi) is 5.06. The van der Waals surface area contributed by atoms with Crippen LogP contribution in [-0.2, 0) is 9.59 Å². The molecule has 0 spiro atoms. The minimum Gasteiger partial charge on any atom is -0.354 e. The molecule has 2 amide bonds. The number of nitrogens with zero attached hydrogens (tertiary/aromatic N) is 1. The molecule has 0 radical (unpaired) electrons. The minimum atomic E-state index is -0.177. The summed E-state index contributed by atoms with van der Waals surface area (Å²) < 4.78 is 0. The van der Waals surface area contributed by atoms with E-state index in [-0.39, 0.29) is 23.6 Å². The van der Waals surface area contributed by atoms with Gasteiger partial charge in [0.15, 0.2) is 0 Å². The van der Waals surface area contributed by atoms with Crippen molar-refractivity contribution in [3.05, 3.63) is 29.8 Å². The van der Waals surface area contributed by atoms with Crippen LogP contribution in [0.15, 0.2) is 29.2 Å². The van der Waals surface area contributed by atoms with Crippen LogP contribution in [0.2, 0.25) is 0 Å². The smallest absolute Gasteiger partial charge is 0.239 e. The molecule has 1 fully saturated rings. The van der Waals surface area contributed by atoms with Crippen molar-refractivity contribution >= 4 is 23.6 Å². The molecular weight excluding hydrogens is 272 g/mol. The van der Waals surface area contributed by atoms with Crippen LogP contribution in [0.1, 0.15) is 18.9 Å². The van der Waals surface area contributed by atoms with Gasteiger partial charge in [-0.15, -0.1) is 11.8 Å². The van der Waals surface area contributed by atoms with Crippen LogP contribution in [0.5, 0.6) is 0 Å². The van der Waals surface area contributed by atoms with E-state index < -0.39 is 0 Å². The lowest BCUT2D eigenvalue weighted by Crippen LogP contribution is -2.41. The van der Waals surface area contributed by atoms with Gasteiger partial charge in [0.1, 0.15) is 0 Å². The van der Waals surface area contributed by atoms with Crippen molar-refractivity contribution in [1.82, 2.24) is 10.2 Å². The SMILES string of the molecule is Cc1ccc(SC(C)C(=O)N2CCCNC(=O)C2)cc1. The standard InChI is InChI=1S/C15H20N2O2S/c1-11-4-6-13(7-5-11)20-12(2)15(19)17-9-3-8-16-14(18)10-17/h4-7,12H,3,8-10H2,1-2H3,(H,16,18). The van der Waals surface area contributed by atoms with Crippen molar-refractivity contribution in [1.29, 1.82) is 0 Å². The molecule has 1 aromatic carbocycles. The summed E-state index contributed by atoms with van der Waals surface area (Å²) in [6.07, 6.45) is 0.819. The lowest BCUT2D eigenvalue weighted by molar-refractivity contribution is -0.134. The van der Waals surface area contributed by atoms with Gasteiger partial charge < -0.3 is 10.2 Å². The Bertz CT molecular complexity index is 487. The number of amides is 2. The highest BCUT2D eigenvalue weighted by Crippen LogP contribution is 2.24. The molecular formula is C15H20N2O2S. The minimum absolute atomic E-state index is 0.0348. The first-order valence-electron chi connectivity index (χ1n) is 6.85. The van der Waals surface area contributed by atoms with E-state index in [1.807, 2.05) is 38.1 Å². The number of benzene rings is 1. The predicted molar refractivity (Wildman–Crippen MR) is 80.7 cm³/mol. The van der Waals surface area contributed by atoms with Crippen LogP contribution in [0.3, 0.4) is 0 Å². The molecule has 5 heteroatoms. The lowest BCUT2D eigenvalue weighted by atomic mass is 10.2. The fourth-order valence-electron chi connectivity index (χ4n) is 2.12. The average Bonchev–Trinajstić information content (AvgIpc) is 2.65. The highest BCUT2D eigenvalue weighted by molar-refractivity contribution is 8.00. The first-order valence-corrected chi connectivity index (χ1v) is 7.73. The summed E-state index contributed by atoms with van der Waals surface area (Å²) >= 11 is 1.54. The highest BCUT2D eigenvalue weighted by atomic mass is 32.2. The van der Waals surface area contributed by atoms with Crippen molar-refractivity contribution in [3.63, 3.8) is 0 Å². The van der Waals surface area contributed by atoms with Gasteiger partial charge in [0.2, 0.25) is 11.8 Å². The maximum Gasteiger partial charge on any atom is 0.239 e. The first kappa shape index (κ1) is 14.9. The molecule has 0 aromatic heterocycles. The second-order valence-electron chi connectivity index (χ2n) is 5.04. The van der Waals surface area contributed by atoms with Gasteiger partial charge in [0.05, 0.1) is 11.8 Å². The second kappa shape index (κ2) is 6.79. The van der Waals surface area contributed by atoms with Gasteiger partial charge in [-0.3, -0.25) is 9.59 Å². The predicted octanol–water partition coefficient (Wildman–Crippen LogP) is 1.82. The maximum absolute atomic E-state index is 12.4. The van der Waals surface area contributed by atoms with E-state index in [1.54, 1.807) is 4.90 Å². The van der Waals surface area contributed by atoms with Crippen LogP contribution >= 0.6 is 11.8 Å². The van der Waals surface area contributed by atoms with Gasteiger partial charge in [0, 0.05) is 18.0 Å². The summed E-state index contributed by atoms with van der Waals surface area (Å²) in [7, 11) is 0. The summed E-state index contributed by atoms with van der Waals surface area (Å²) in [5.74, 6) is -0.0315. The molecule has 0 saturated carbocycles. The summed E-state index contributed by atoms with van der Waals surface area (Å²) in [5, 5.41) is 2.61. The third-order valence-electron chi connectivity index (χ3n) is 3.25. The quantitative estimate of drug-likeness (QED) is 0.865. The van der Waals surface area contributed by atoms with Gasteiger partial charge in [-0.2, -0.15) is 0 Å². The summed E-state index contributed by atoms with van der Waals surface area (Å²) in [6.45, 7) is 5.42. The molecule has 20 heavy (non-hydrogen) atoms. The largest absolute Gasteiger partial charge is 0.354 e. The van der Waals surface area contributed by atoms with Crippen LogP contribution < -0.4 is 5.32 Å². The van der Waals surface area contributed by atoms with Gasteiger partial charge in [-0.1, -0.05) is 17.7 Å². The molecule has 1 N–H and O–H groups in total. The van der Waals surface area contributed by atoms with Gasteiger partial charge >= 0.3 is 0 Å². The molecule has 4 nitrogen and oxygen atoms in total. The lowest BCUT2D eigenvalue weighted by Gasteiger charge is -2.22. The fourth-order valence-corrected chi connectivity index (χ4v) is 3.07. The van der Waals surface area contributed by atoms with Crippen molar-refractivity contribution in [2.75, 3.05) is 19.6 Å². The summed E-state index contributed by atoms with van der Waals surface area (Å²) in [6, 6.07) is 8.13. The number of thioether (sulfide) groups is 1. The highest BCUT2D eigenvalue weighted by Gasteiger charge is 2.24. The molecule has 1 unspecified atom stereocenters. The maximum atomic E-state index is 12.4. The molecule has 1 saturated heterocycles. The Labute approximate surface area is 123 Å². The molecule has 1 atom stereocenters.